The van der Waals surface area contributed by atoms with Gasteiger partial charge in [0.15, 0.2) is 0 Å². The van der Waals surface area contributed by atoms with Crippen LogP contribution in [-0.4, -0.2) is 62.2 Å². The molecule has 0 radical (unpaired) electrons. The van der Waals surface area contributed by atoms with Crippen molar-refractivity contribution in [3.63, 3.8) is 0 Å². The highest BCUT2D eigenvalue weighted by Crippen LogP contribution is 2.27. The predicted octanol–water partition coefficient (Wildman–Crippen LogP) is 4.40. The number of nitrogens with zero attached hydrogens (tertiary/aromatic N) is 1. The molecule has 1 aliphatic heterocycles. The number of unbranched alkanes of at least 4 members (excludes halogenated alkanes) is 10. The first-order chi connectivity index (χ1) is 14.2. The molecule has 1 rings (SSSR count). The highest BCUT2D eigenvalue weighted by molar-refractivity contribution is 7.89. The fourth-order valence-corrected chi connectivity index (χ4v) is 4.74. The lowest BCUT2D eigenvalue weighted by molar-refractivity contribution is -0.137. The fraction of sp³-hybridized carbons (Fsp3) is 0.952. The fourth-order valence-electron chi connectivity index (χ4n) is 3.65. The number of sulfonamides is 1. The normalized spacial score (nSPS) is 17.3. The van der Waals surface area contributed by atoms with Crippen molar-refractivity contribution in [1.82, 2.24) is 9.62 Å². The number of hydrogen-bond acceptors (Lipinski definition) is 4. The van der Waals surface area contributed by atoms with Gasteiger partial charge in [-0.2, -0.15) is 0 Å². The van der Waals surface area contributed by atoms with E-state index in [9.17, 15) is 22.0 Å². The molecule has 1 aliphatic rings. The highest BCUT2D eigenvalue weighted by atomic mass is 32.2. The summed E-state index contributed by atoms with van der Waals surface area (Å²) in [5.74, 6) is -3.35. The van der Waals surface area contributed by atoms with Gasteiger partial charge >= 0.3 is 5.97 Å². The topological polar surface area (TPSA) is 86.7 Å². The Morgan fingerprint density at radius 1 is 0.867 bits per heavy atom. The summed E-state index contributed by atoms with van der Waals surface area (Å²) >= 11 is 0. The molecule has 0 aromatic rings. The van der Waals surface area contributed by atoms with E-state index in [0.29, 0.717) is 13.1 Å². The molecular weight excluding hydrogens is 414 g/mol. The van der Waals surface area contributed by atoms with Gasteiger partial charge in [0.25, 0.3) is 5.92 Å². The molecule has 0 aromatic heterocycles. The quantitative estimate of drug-likeness (QED) is 0.300. The van der Waals surface area contributed by atoms with Crippen molar-refractivity contribution in [3.8, 4) is 0 Å². The number of hydrogen-bond donors (Lipinski definition) is 2. The Kier molecular flexibility index (Phi) is 13.7. The van der Waals surface area contributed by atoms with Crippen LogP contribution in [0.1, 0.15) is 89.9 Å². The lowest BCUT2D eigenvalue weighted by atomic mass is 10.1. The molecule has 1 heterocycles. The summed E-state index contributed by atoms with van der Waals surface area (Å²) in [4.78, 5) is 12.2. The maximum Gasteiger partial charge on any atom is 0.303 e. The molecule has 178 valence electrons. The summed E-state index contributed by atoms with van der Waals surface area (Å²) in [6, 6.07) is 0. The number of alkyl halides is 2. The molecule has 0 aromatic carbocycles. The van der Waals surface area contributed by atoms with Crippen LogP contribution in [0.5, 0.6) is 0 Å². The maximum atomic E-state index is 13.1. The van der Waals surface area contributed by atoms with Crippen LogP contribution in [0.4, 0.5) is 8.78 Å². The molecule has 0 saturated carbocycles. The minimum absolute atomic E-state index is 0.0329. The van der Waals surface area contributed by atoms with E-state index >= 15 is 0 Å². The van der Waals surface area contributed by atoms with Gasteiger partial charge in [0.2, 0.25) is 10.0 Å². The van der Waals surface area contributed by atoms with Gasteiger partial charge in [-0.1, -0.05) is 57.8 Å². The highest BCUT2D eigenvalue weighted by Gasteiger charge is 2.34. The van der Waals surface area contributed by atoms with Crippen molar-refractivity contribution in [3.05, 3.63) is 0 Å². The van der Waals surface area contributed by atoms with Crippen molar-refractivity contribution in [2.45, 2.75) is 95.8 Å². The molecular formula is C21H40F2N2O4S. The van der Waals surface area contributed by atoms with Crippen LogP contribution in [0.3, 0.4) is 0 Å². The first-order valence-electron chi connectivity index (χ1n) is 11.5. The smallest absolute Gasteiger partial charge is 0.303 e. The number of carboxylic acids is 1. The number of carbonyl (C=O) groups is 1. The third-order valence-electron chi connectivity index (χ3n) is 5.65. The van der Waals surface area contributed by atoms with Gasteiger partial charge in [-0.15, -0.1) is 0 Å². The standard InChI is InChI=1S/C21H40F2N2O4S/c22-21(23)13-16-25(17-14-21)18-19-30(28,29)24-15-11-9-7-5-3-1-2-4-6-8-10-12-20(26)27/h24H,1-19H2,(H,26,27). The van der Waals surface area contributed by atoms with Crippen LogP contribution >= 0.6 is 0 Å². The molecule has 0 spiro atoms. The van der Waals surface area contributed by atoms with Crippen LogP contribution in [0.15, 0.2) is 0 Å². The zero-order valence-corrected chi connectivity index (χ0v) is 19.0. The summed E-state index contributed by atoms with van der Waals surface area (Å²) in [6.07, 6.45) is 11.6. The maximum absolute atomic E-state index is 13.1. The minimum Gasteiger partial charge on any atom is -0.481 e. The van der Waals surface area contributed by atoms with Crippen LogP contribution in [0.2, 0.25) is 0 Å². The van der Waals surface area contributed by atoms with Crippen LogP contribution < -0.4 is 4.72 Å². The summed E-state index contributed by atoms with van der Waals surface area (Å²) < 4.78 is 52.9. The average molecular weight is 455 g/mol. The van der Waals surface area contributed by atoms with Gasteiger partial charge in [-0.25, -0.2) is 21.9 Å². The van der Waals surface area contributed by atoms with Crippen molar-refractivity contribution in [1.29, 1.82) is 0 Å². The molecule has 0 aliphatic carbocycles. The van der Waals surface area contributed by atoms with Gasteiger partial charge in [-0.05, 0) is 12.8 Å². The summed E-state index contributed by atoms with van der Waals surface area (Å²) in [5.41, 5.74) is 0. The number of rotatable bonds is 18. The molecule has 1 fully saturated rings. The minimum atomic E-state index is -3.34. The molecule has 0 bridgehead atoms. The number of halogens is 2. The second-order valence-electron chi connectivity index (χ2n) is 8.44. The zero-order chi connectivity index (χ0) is 22.3. The Hall–Kier alpha value is -0.800. The van der Waals surface area contributed by atoms with E-state index in [-0.39, 0.29) is 38.1 Å². The van der Waals surface area contributed by atoms with E-state index in [1.807, 2.05) is 0 Å². The Morgan fingerprint density at radius 2 is 1.33 bits per heavy atom. The van der Waals surface area contributed by atoms with Gasteiger partial charge in [0.1, 0.15) is 0 Å². The Balaban J connectivity index is 1.88. The molecule has 2 N–H and O–H groups in total. The molecule has 9 heteroatoms. The monoisotopic (exact) mass is 454 g/mol. The van der Waals surface area contributed by atoms with E-state index in [4.69, 9.17) is 5.11 Å². The van der Waals surface area contributed by atoms with E-state index in [1.165, 1.54) is 25.7 Å². The van der Waals surface area contributed by atoms with Crippen LogP contribution in [0, 0.1) is 0 Å². The van der Waals surface area contributed by atoms with E-state index in [0.717, 1.165) is 44.9 Å². The number of likely N-dealkylation sites (tertiary alicyclic amines) is 1. The first kappa shape index (κ1) is 27.2. The van der Waals surface area contributed by atoms with Gasteiger partial charge in [0, 0.05) is 45.4 Å². The van der Waals surface area contributed by atoms with Crippen LogP contribution in [-0.2, 0) is 14.8 Å². The van der Waals surface area contributed by atoms with Gasteiger partial charge in [0.05, 0.1) is 5.75 Å². The van der Waals surface area contributed by atoms with E-state index in [1.54, 1.807) is 4.90 Å². The summed E-state index contributed by atoms with van der Waals surface area (Å²) in [5, 5.41) is 8.56. The third-order valence-corrected chi connectivity index (χ3v) is 7.02. The summed E-state index contributed by atoms with van der Waals surface area (Å²) in [7, 11) is -3.34. The molecule has 6 nitrogen and oxygen atoms in total. The predicted molar refractivity (Wildman–Crippen MR) is 115 cm³/mol. The number of piperidine rings is 1. The van der Waals surface area contributed by atoms with Crippen molar-refractivity contribution >= 4 is 16.0 Å². The lowest BCUT2D eigenvalue weighted by Gasteiger charge is -2.31. The van der Waals surface area contributed by atoms with Crippen molar-refractivity contribution in [2.24, 2.45) is 0 Å². The molecule has 0 amide bonds. The number of nitrogens with one attached hydrogen (secondary N) is 1. The number of aliphatic carboxylic acids is 1. The van der Waals surface area contributed by atoms with Crippen molar-refractivity contribution in [2.75, 3.05) is 31.9 Å². The summed E-state index contributed by atoms with van der Waals surface area (Å²) in [6.45, 7) is 1.27. The molecule has 1 saturated heterocycles. The zero-order valence-electron chi connectivity index (χ0n) is 18.2. The Labute approximate surface area is 180 Å². The first-order valence-corrected chi connectivity index (χ1v) is 13.1. The molecule has 30 heavy (non-hydrogen) atoms. The van der Waals surface area contributed by atoms with Gasteiger partial charge < -0.3 is 10.0 Å². The molecule has 0 unspecified atom stereocenters. The molecule has 0 atom stereocenters. The third kappa shape index (κ3) is 15.1. The lowest BCUT2D eigenvalue weighted by Crippen LogP contribution is -2.42. The van der Waals surface area contributed by atoms with Crippen molar-refractivity contribution < 1.29 is 27.1 Å². The SMILES string of the molecule is O=C(O)CCCCCCCCCCCCCNS(=O)(=O)CCN1CCC(F)(F)CC1. The van der Waals surface area contributed by atoms with Gasteiger partial charge in [-0.3, -0.25) is 4.79 Å². The van der Waals surface area contributed by atoms with E-state index in [2.05, 4.69) is 4.72 Å². The Morgan fingerprint density at radius 3 is 1.83 bits per heavy atom. The Bertz CT molecular complexity index is 563. The average Bonchev–Trinajstić information content (AvgIpc) is 2.67. The van der Waals surface area contributed by atoms with E-state index < -0.39 is 21.9 Å². The second kappa shape index (κ2) is 15.1. The number of carboxylic acid groups (broad SMARTS) is 1. The largest absolute Gasteiger partial charge is 0.481 e. The van der Waals surface area contributed by atoms with Crippen LogP contribution in [0.25, 0.3) is 0 Å². The second-order valence-corrected chi connectivity index (χ2v) is 10.4.